The monoisotopic (exact) mass is 268 g/mol. The molecule has 19 heavy (non-hydrogen) atoms. The van der Waals surface area contributed by atoms with Crippen molar-refractivity contribution in [2.75, 3.05) is 26.2 Å². The van der Waals surface area contributed by atoms with Gasteiger partial charge in [0.15, 0.2) is 0 Å². The van der Waals surface area contributed by atoms with E-state index in [9.17, 15) is 0 Å². The molecule has 0 radical (unpaired) electrons. The fourth-order valence-corrected chi connectivity index (χ4v) is 3.45. The molecule has 1 aliphatic heterocycles. The van der Waals surface area contributed by atoms with Crippen molar-refractivity contribution < 1.29 is 4.74 Å². The molecule has 112 valence electrons. The summed E-state index contributed by atoms with van der Waals surface area (Å²) in [5.41, 5.74) is 0. The van der Waals surface area contributed by atoms with Crippen LogP contribution in [-0.2, 0) is 4.74 Å². The van der Waals surface area contributed by atoms with Gasteiger partial charge in [0.05, 0.1) is 12.7 Å². The van der Waals surface area contributed by atoms with Gasteiger partial charge in [-0.05, 0) is 39.5 Å². The third-order valence-electron chi connectivity index (χ3n) is 4.92. The van der Waals surface area contributed by atoms with Crippen LogP contribution in [0.1, 0.15) is 52.9 Å². The van der Waals surface area contributed by atoms with Gasteiger partial charge >= 0.3 is 0 Å². The highest BCUT2D eigenvalue weighted by atomic mass is 16.5. The maximum atomic E-state index is 5.89. The molecule has 0 amide bonds. The van der Waals surface area contributed by atoms with Crippen LogP contribution in [-0.4, -0.2) is 49.3 Å². The molecule has 0 spiro atoms. The van der Waals surface area contributed by atoms with Crippen LogP contribution in [0, 0.1) is 5.92 Å². The van der Waals surface area contributed by atoms with E-state index in [-0.39, 0.29) is 0 Å². The van der Waals surface area contributed by atoms with Crippen LogP contribution in [0.3, 0.4) is 0 Å². The largest absolute Gasteiger partial charge is 0.374 e. The molecule has 1 aliphatic carbocycles. The Morgan fingerprint density at radius 2 is 1.89 bits per heavy atom. The molecule has 3 heteroatoms. The lowest BCUT2D eigenvalue weighted by atomic mass is 9.84. The number of hydrogen-bond donors (Lipinski definition) is 1. The number of nitrogens with one attached hydrogen (secondary N) is 1. The molecule has 1 heterocycles. The van der Waals surface area contributed by atoms with Crippen LogP contribution in [0.15, 0.2) is 0 Å². The van der Waals surface area contributed by atoms with Crippen molar-refractivity contribution in [2.45, 2.75) is 71.1 Å². The summed E-state index contributed by atoms with van der Waals surface area (Å²) in [6.07, 6.45) is 7.51. The van der Waals surface area contributed by atoms with Crippen molar-refractivity contribution >= 4 is 0 Å². The van der Waals surface area contributed by atoms with Crippen LogP contribution >= 0.6 is 0 Å². The number of rotatable bonds is 5. The first kappa shape index (κ1) is 15.3. The summed E-state index contributed by atoms with van der Waals surface area (Å²) in [4.78, 5) is 2.53. The molecule has 3 nitrogen and oxygen atoms in total. The van der Waals surface area contributed by atoms with E-state index in [0.29, 0.717) is 18.2 Å². The molecule has 0 aromatic heterocycles. The third kappa shape index (κ3) is 4.73. The minimum atomic E-state index is 0.377. The highest BCUT2D eigenvalue weighted by Gasteiger charge is 2.24. The van der Waals surface area contributed by atoms with Crippen LogP contribution in [0.4, 0.5) is 0 Å². The molecule has 0 aromatic rings. The summed E-state index contributed by atoms with van der Waals surface area (Å²) in [6, 6.07) is 1.29. The summed E-state index contributed by atoms with van der Waals surface area (Å²) < 4.78 is 5.89. The Morgan fingerprint density at radius 3 is 2.58 bits per heavy atom. The van der Waals surface area contributed by atoms with Crippen LogP contribution < -0.4 is 5.32 Å². The predicted molar refractivity (Wildman–Crippen MR) is 80.5 cm³/mol. The van der Waals surface area contributed by atoms with E-state index in [1.165, 1.54) is 32.1 Å². The van der Waals surface area contributed by atoms with Crippen molar-refractivity contribution in [3.8, 4) is 0 Å². The molecule has 1 saturated heterocycles. The topological polar surface area (TPSA) is 24.5 Å². The summed E-state index contributed by atoms with van der Waals surface area (Å²) >= 11 is 0. The van der Waals surface area contributed by atoms with Crippen molar-refractivity contribution in [3.05, 3.63) is 0 Å². The predicted octanol–water partition coefficient (Wildman–Crippen LogP) is 2.65. The van der Waals surface area contributed by atoms with Gasteiger partial charge in [0.2, 0.25) is 0 Å². The second kappa shape index (κ2) is 7.61. The number of ether oxygens (including phenoxy) is 1. The lowest BCUT2D eigenvalue weighted by Crippen LogP contribution is -2.50. The Balaban J connectivity index is 1.69. The zero-order chi connectivity index (χ0) is 13.7. The highest BCUT2D eigenvalue weighted by molar-refractivity contribution is 4.80. The van der Waals surface area contributed by atoms with Gasteiger partial charge in [0, 0.05) is 31.7 Å². The first-order valence-electron chi connectivity index (χ1n) is 8.26. The number of morpholine rings is 1. The zero-order valence-corrected chi connectivity index (χ0v) is 13.0. The van der Waals surface area contributed by atoms with E-state index in [0.717, 1.165) is 32.2 Å². The molecule has 0 aromatic carbocycles. The highest BCUT2D eigenvalue weighted by Crippen LogP contribution is 2.26. The van der Waals surface area contributed by atoms with E-state index in [1.807, 2.05) is 0 Å². The van der Waals surface area contributed by atoms with Gasteiger partial charge in [0.1, 0.15) is 0 Å². The summed E-state index contributed by atoms with van der Waals surface area (Å²) in [5.74, 6) is 0.888. The molecule has 1 N–H and O–H groups in total. The maximum Gasteiger partial charge on any atom is 0.0826 e. The van der Waals surface area contributed by atoms with Crippen LogP contribution in [0.2, 0.25) is 0 Å². The van der Waals surface area contributed by atoms with Gasteiger partial charge in [0.25, 0.3) is 0 Å². The molecule has 0 bridgehead atoms. The van der Waals surface area contributed by atoms with Crippen molar-refractivity contribution in [2.24, 2.45) is 5.92 Å². The lowest BCUT2D eigenvalue weighted by molar-refractivity contribution is -0.0387. The first-order chi connectivity index (χ1) is 9.16. The minimum absolute atomic E-state index is 0.377. The number of nitrogens with zero attached hydrogens (tertiary/aromatic N) is 1. The Morgan fingerprint density at radius 1 is 1.16 bits per heavy atom. The van der Waals surface area contributed by atoms with E-state index in [1.54, 1.807) is 0 Å². The van der Waals surface area contributed by atoms with Gasteiger partial charge in [-0.15, -0.1) is 0 Å². The zero-order valence-electron chi connectivity index (χ0n) is 13.0. The SMILES string of the molecule is CC(C)N1CCOC(CN[C@H](C)C2CCCCC2)C1. The minimum Gasteiger partial charge on any atom is -0.374 e. The van der Waals surface area contributed by atoms with Crippen molar-refractivity contribution in [1.82, 2.24) is 10.2 Å². The fraction of sp³-hybridized carbons (Fsp3) is 1.00. The van der Waals surface area contributed by atoms with E-state index < -0.39 is 0 Å². The van der Waals surface area contributed by atoms with Crippen molar-refractivity contribution in [3.63, 3.8) is 0 Å². The van der Waals surface area contributed by atoms with Gasteiger partial charge in [-0.1, -0.05) is 19.3 Å². The quantitative estimate of drug-likeness (QED) is 0.829. The molecule has 2 rings (SSSR count). The molecule has 1 unspecified atom stereocenters. The normalized spacial score (nSPS) is 28.7. The second-order valence-corrected chi connectivity index (χ2v) is 6.68. The fourth-order valence-electron chi connectivity index (χ4n) is 3.45. The smallest absolute Gasteiger partial charge is 0.0826 e. The second-order valence-electron chi connectivity index (χ2n) is 6.68. The van der Waals surface area contributed by atoms with E-state index in [2.05, 4.69) is 31.0 Å². The van der Waals surface area contributed by atoms with Gasteiger partial charge < -0.3 is 10.1 Å². The lowest BCUT2D eigenvalue weighted by Gasteiger charge is -2.37. The Hall–Kier alpha value is -0.120. The average Bonchev–Trinajstić information content (AvgIpc) is 2.46. The van der Waals surface area contributed by atoms with E-state index >= 15 is 0 Å². The Bertz CT molecular complexity index is 251. The van der Waals surface area contributed by atoms with Gasteiger partial charge in [-0.25, -0.2) is 0 Å². The molecule has 2 atom stereocenters. The molecule has 1 saturated carbocycles. The van der Waals surface area contributed by atoms with Gasteiger partial charge in [-0.3, -0.25) is 4.90 Å². The first-order valence-corrected chi connectivity index (χ1v) is 8.26. The Labute approximate surface area is 119 Å². The standard InChI is InChI=1S/C16H32N2O/c1-13(2)18-9-10-19-16(12-18)11-17-14(3)15-7-5-4-6-8-15/h13-17H,4-12H2,1-3H3/t14-,16?/m1/s1. The molecule has 2 fully saturated rings. The maximum absolute atomic E-state index is 5.89. The van der Waals surface area contributed by atoms with Crippen molar-refractivity contribution in [1.29, 1.82) is 0 Å². The average molecular weight is 268 g/mol. The molecule has 2 aliphatic rings. The Kier molecular flexibility index (Phi) is 6.11. The summed E-state index contributed by atoms with van der Waals surface area (Å²) in [7, 11) is 0. The summed E-state index contributed by atoms with van der Waals surface area (Å²) in [6.45, 7) is 11.0. The number of hydrogen-bond acceptors (Lipinski definition) is 3. The van der Waals surface area contributed by atoms with Crippen LogP contribution in [0.5, 0.6) is 0 Å². The van der Waals surface area contributed by atoms with Crippen LogP contribution in [0.25, 0.3) is 0 Å². The molecular weight excluding hydrogens is 236 g/mol. The third-order valence-corrected chi connectivity index (χ3v) is 4.92. The van der Waals surface area contributed by atoms with E-state index in [4.69, 9.17) is 4.74 Å². The molecular formula is C16H32N2O. The van der Waals surface area contributed by atoms with Gasteiger partial charge in [-0.2, -0.15) is 0 Å². The summed E-state index contributed by atoms with van der Waals surface area (Å²) in [5, 5.41) is 3.73.